The maximum absolute atomic E-state index is 13.7. The lowest BCUT2D eigenvalue weighted by Crippen LogP contribution is -2.27. The third-order valence-electron chi connectivity index (χ3n) is 4.46. The Kier molecular flexibility index (Phi) is 4.49. The number of carbonyl (C=O) groups excluding carboxylic acids is 1. The highest BCUT2D eigenvalue weighted by Gasteiger charge is 2.17. The van der Waals surface area contributed by atoms with Crippen LogP contribution in [0.25, 0.3) is 16.6 Å². The topological polar surface area (TPSA) is 71.0 Å². The van der Waals surface area contributed by atoms with Crippen molar-refractivity contribution in [3.05, 3.63) is 94.3 Å². The Morgan fingerprint density at radius 2 is 1.96 bits per heavy atom. The first-order valence-corrected chi connectivity index (χ1v) is 8.68. The van der Waals surface area contributed by atoms with Crippen LogP contribution in [0.15, 0.2) is 71.8 Å². The van der Waals surface area contributed by atoms with Crippen LogP contribution in [-0.4, -0.2) is 32.6 Å². The van der Waals surface area contributed by atoms with Crippen molar-refractivity contribution in [3.63, 3.8) is 0 Å². The van der Waals surface area contributed by atoms with Crippen molar-refractivity contribution in [1.29, 1.82) is 0 Å². The molecule has 28 heavy (non-hydrogen) atoms. The standard InChI is InChI=1S/C21H17FN4O2/c1-25(12-14-11-23-26(13-14)16-5-3-2-4-6-16)21(28)18-10-20(27)24-19-8-7-15(22)9-17(18)19/h2-11,13H,12H2,1H3,(H,24,27). The molecule has 2 heterocycles. The first-order chi connectivity index (χ1) is 13.5. The van der Waals surface area contributed by atoms with Gasteiger partial charge in [0.15, 0.2) is 0 Å². The zero-order valence-electron chi connectivity index (χ0n) is 15.1. The summed E-state index contributed by atoms with van der Waals surface area (Å²) in [6.07, 6.45) is 3.53. The number of hydrogen-bond acceptors (Lipinski definition) is 3. The molecule has 6 nitrogen and oxygen atoms in total. The van der Waals surface area contributed by atoms with Gasteiger partial charge in [0.1, 0.15) is 5.82 Å². The number of aromatic nitrogens is 3. The molecule has 140 valence electrons. The first-order valence-electron chi connectivity index (χ1n) is 8.68. The Morgan fingerprint density at radius 3 is 2.75 bits per heavy atom. The molecule has 0 radical (unpaired) electrons. The van der Waals surface area contributed by atoms with Crippen LogP contribution in [-0.2, 0) is 6.54 Å². The molecule has 4 aromatic rings. The van der Waals surface area contributed by atoms with Crippen LogP contribution >= 0.6 is 0 Å². The van der Waals surface area contributed by atoms with E-state index in [1.54, 1.807) is 17.9 Å². The molecule has 0 bridgehead atoms. The number of carbonyl (C=O) groups is 1. The quantitative estimate of drug-likeness (QED) is 0.595. The summed E-state index contributed by atoms with van der Waals surface area (Å²) in [4.78, 5) is 28.9. The Balaban J connectivity index is 1.61. The number of halogens is 1. The van der Waals surface area contributed by atoms with Gasteiger partial charge < -0.3 is 9.88 Å². The summed E-state index contributed by atoms with van der Waals surface area (Å²) in [5.74, 6) is -0.838. The summed E-state index contributed by atoms with van der Waals surface area (Å²) in [5, 5.41) is 4.69. The summed E-state index contributed by atoms with van der Waals surface area (Å²) >= 11 is 0. The van der Waals surface area contributed by atoms with Gasteiger partial charge in [0.2, 0.25) is 5.56 Å². The monoisotopic (exact) mass is 376 g/mol. The number of amides is 1. The molecule has 0 spiro atoms. The summed E-state index contributed by atoms with van der Waals surface area (Å²) in [6.45, 7) is 0.301. The fourth-order valence-corrected chi connectivity index (χ4v) is 3.12. The summed E-state index contributed by atoms with van der Waals surface area (Å²) in [5.41, 5.74) is 1.92. The second-order valence-electron chi connectivity index (χ2n) is 6.53. The second kappa shape index (κ2) is 7.11. The number of nitrogens with zero attached hydrogens (tertiary/aromatic N) is 3. The summed E-state index contributed by atoms with van der Waals surface area (Å²) in [6, 6.07) is 14.8. The fourth-order valence-electron chi connectivity index (χ4n) is 3.12. The van der Waals surface area contributed by atoms with E-state index in [1.807, 2.05) is 36.5 Å². The van der Waals surface area contributed by atoms with Crippen molar-refractivity contribution in [2.24, 2.45) is 0 Å². The van der Waals surface area contributed by atoms with Crippen molar-refractivity contribution < 1.29 is 9.18 Å². The van der Waals surface area contributed by atoms with Gasteiger partial charge in [-0.05, 0) is 30.3 Å². The molecular formula is C21H17FN4O2. The zero-order chi connectivity index (χ0) is 19.7. The number of para-hydroxylation sites is 1. The largest absolute Gasteiger partial charge is 0.337 e. The molecule has 0 saturated heterocycles. The number of nitrogens with one attached hydrogen (secondary N) is 1. The Bertz CT molecular complexity index is 1210. The van der Waals surface area contributed by atoms with Crippen molar-refractivity contribution in [1.82, 2.24) is 19.7 Å². The number of benzene rings is 2. The van der Waals surface area contributed by atoms with Crippen molar-refractivity contribution in [2.75, 3.05) is 7.05 Å². The SMILES string of the molecule is CN(Cc1cnn(-c2ccccc2)c1)C(=O)c1cc(=O)[nH]c2ccc(F)cc12. The van der Waals surface area contributed by atoms with E-state index < -0.39 is 11.4 Å². The molecule has 2 aromatic carbocycles. The van der Waals surface area contributed by atoms with Gasteiger partial charge in [0, 0.05) is 42.3 Å². The third-order valence-corrected chi connectivity index (χ3v) is 4.46. The number of rotatable bonds is 4. The number of H-pyrrole nitrogens is 1. The molecule has 2 aromatic heterocycles. The highest BCUT2D eigenvalue weighted by atomic mass is 19.1. The van der Waals surface area contributed by atoms with Crippen molar-refractivity contribution in [3.8, 4) is 5.69 Å². The third kappa shape index (κ3) is 3.42. The maximum atomic E-state index is 13.7. The van der Waals surface area contributed by atoms with Gasteiger partial charge in [-0.25, -0.2) is 9.07 Å². The van der Waals surface area contributed by atoms with Crippen LogP contribution in [0.1, 0.15) is 15.9 Å². The van der Waals surface area contributed by atoms with E-state index in [2.05, 4.69) is 10.1 Å². The Morgan fingerprint density at radius 1 is 1.18 bits per heavy atom. The van der Waals surface area contributed by atoms with E-state index >= 15 is 0 Å². The summed E-state index contributed by atoms with van der Waals surface area (Å²) < 4.78 is 15.4. The first kappa shape index (κ1) is 17.7. The minimum atomic E-state index is -0.472. The van der Waals surface area contributed by atoms with Crippen LogP contribution in [0.5, 0.6) is 0 Å². The van der Waals surface area contributed by atoms with E-state index in [0.29, 0.717) is 17.4 Å². The highest BCUT2D eigenvalue weighted by molar-refractivity contribution is 6.05. The molecule has 1 amide bonds. The summed E-state index contributed by atoms with van der Waals surface area (Å²) in [7, 11) is 1.63. The van der Waals surface area contributed by atoms with Gasteiger partial charge in [-0.15, -0.1) is 0 Å². The predicted octanol–water partition coefficient (Wildman–Crippen LogP) is 3.13. The van der Waals surface area contributed by atoms with Crippen molar-refractivity contribution >= 4 is 16.8 Å². The maximum Gasteiger partial charge on any atom is 0.254 e. The van der Waals surface area contributed by atoms with Gasteiger partial charge in [-0.3, -0.25) is 9.59 Å². The Labute approximate surface area is 159 Å². The number of hydrogen-bond donors (Lipinski definition) is 1. The van der Waals surface area contributed by atoms with E-state index in [4.69, 9.17) is 0 Å². The van der Waals surface area contributed by atoms with Crippen LogP contribution in [0.3, 0.4) is 0 Å². The molecule has 0 aliphatic rings. The lowest BCUT2D eigenvalue weighted by molar-refractivity contribution is 0.0787. The Hall–Kier alpha value is -3.74. The second-order valence-corrected chi connectivity index (χ2v) is 6.53. The van der Waals surface area contributed by atoms with E-state index in [1.165, 1.54) is 29.2 Å². The molecular weight excluding hydrogens is 359 g/mol. The van der Waals surface area contributed by atoms with E-state index in [-0.39, 0.29) is 11.5 Å². The molecule has 0 aliphatic carbocycles. The molecule has 0 atom stereocenters. The van der Waals surface area contributed by atoms with Gasteiger partial charge in [0.05, 0.1) is 17.4 Å². The van der Waals surface area contributed by atoms with Gasteiger partial charge >= 0.3 is 0 Å². The lowest BCUT2D eigenvalue weighted by Gasteiger charge is -2.17. The van der Waals surface area contributed by atoms with Gasteiger partial charge in [-0.2, -0.15) is 5.10 Å². The normalized spacial score (nSPS) is 10.9. The zero-order valence-corrected chi connectivity index (χ0v) is 15.1. The molecule has 0 fully saturated rings. The van der Waals surface area contributed by atoms with Crippen LogP contribution in [0, 0.1) is 5.82 Å². The minimum absolute atomic E-state index is 0.163. The number of pyridine rings is 1. The lowest BCUT2D eigenvalue weighted by atomic mass is 10.1. The van der Waals surface area contributed by atoms with Crippen LogP contribution in [0.4, 0.5) is 4.39 Å². The van der Waals surface area contributed by atoms with Crippen LogP contribution in [0.2, 0.25) is 0 Å². The number of aromatic amines is 1. The fraction of sp³-hybridized carbons (Fsp3) is 0.0952. The molecule has 0 unspecified atom stereocenters. The molecule has 0 aliphatic heterocycles. The smallest absolute Gasteiger partial charge is 0.254 e. The molecule has 0 saturated carbocycles. The van der Waals surface area contributed by atoms with Crippen LogP contribution < -0.4 is 5.56 Å². The van der Waals surface area contributed by atoms with Gasteiger partial charge in [0.25, 0.3) is 5.91 Å². The van der Waals surface area contributed by atoms with Gasteiger partial charge in [-0.1, -0.05) is 18.2 Å². The highest BCUT2D eigenvalue weighted by Crippen LogP contribution is 2.19. The molecule has 4 rings (SSSR count). The van der Waals surface area contributed by atoms with Crippen molar-refractivity contribution in [2.45, 2.75) is 6.54 Å². The average Bonchev–Trinajstić information content (AvgIpc) is 3.16. The molecule has 1 N–H and O–H groups in total. The minimum Gasteiger partial charge on any atom is -0.337 e. The average molecular weight is 376 g/mol. The predicted molar refractivity (Wildman–Crippen MR) is 104 cm³/mol. The number of fused-ring (bicyclic) bond motifs is 1. The van der Waals surface area contributed by atoms with E-state index in [0.717, 1.165) is 11.3 Å². The van der Waals surface area contributed by atoms with E-state index in [9.17, 15) is 14.0 Å². The molecule has 7 heteroatoms.